The summed E-state index contributed by atoms with van der Waals surface area (Å²) < 4.78 is 38.5. The van der Waals surface area contributed by atoms with Gasteiger partial charge in [0.15, 0.2) is 15.6 Å². The van der Waals surface area contributed by atoms with Crippen LogP contribution in [0.25, 0.3) is 0 Å². The predicted octanol–water partition coefficient (Wildman–Crippen LogP) is 0.866. The molecule has 0 atom stereocenters. The van der Waals surface area contributed by atoms with Gasteiger partial charge in [0.1, 0.15) is 16.2 Å². The molecule has 20 heavy (non-hydrogen) atoms. The van der Waals surface area contributed by atoms with Crippen molar-refractivity contribution in [2.75, 3.05) is 32.8 Å². The molecule has 0 saturated carbocycles. The molecule has 0 fully saturated rings. The summed E-state index contributed by atoms with van der Waals surface area (Å²) in [5.41, 5.74) is 5.62. The lowest BCUT2D eigenvalue weighted by Gasteiger charge is -2.16. The molecule has 1 aromatic rings. The number of hydrogen-bond acceptors (Lipinski definition) is 7. The second-order valence-corrected chi connectivity index (χ2v) is 5.88. The molecule has 0 amide bonds. The van der Waals surface area contributed by atoms with Crippen LogP contribution in [0.4, 0.5) is 5.69 Å². The predicted molar refractivity (Wildman–Crippen MR) is 73.0 cm³/mol. The van der Waals surface area contributed by atoms with Crippen LogP contribution < -0.4 is 15.2 Å². The highest BCUT2D eigenvalue weighted by molar-refractivity contribution is 7.90. The molecule has 0 aromatic heterocycles. The second kappa shape index (κ2) is 6.00. The van der Waals surface area contributed by atoms with Crippen molar-refractivity contribution in [2.45, 2.75) is 11.8 Å². The Morgan fingerprint density at radius 2 is 1.90 bits per heavy atom. The van der Waals surface area contributed by atoms with E-state index in [9.17, 15) is 13.2 Å². The third kappa shape index (κ3) is 2.96. The first kappa shape index (κ1) is 16.1. The zero-order valence-corrected chi connectivity index (χ0v) is 12.5. The molecule has 0 aliphatic carbocycles. The van der Waals surface area contributed by atoms with Gasteiger partial charge >= 0.3 is 5.97 Å². The molecule has 0 spiro atoms. The molecule has 0 aliphatic heterocycles. The van der Waals surface area contributed by atoms with Crippen LogP contribution in [-0.4, -0.2) is 41.5 Å². The summed E-state index contributed by atoms with van der Waals surface area (Å²) in [4.78, 5) is 11.8. The van der Waals surface area contributed by atoms with Crippen LogP contribution in [0.2, 0.25) is 0 Å². The van der Waals surface area contributed by atoms with Crippen molar-refractivity contribution >= 4 is 21.5 Å². The van der Waals surface area contributed by atoms with Gasteiger partial charge in [0.2, 0.25) is 0 Å². The van der Waals surface area contributed by atoms with Crippen LogP contribution in [0.3, 0.4) is 0 Å². The molecule has 0 bridgehead atoms. The lowest BCUT2D eigenvalue weighted by molar-refractivity contribution is 0.0523. The van der Waals surface area contributed by atoms with Crippen LogP contribution in [0.1, 0.15) is 17.3 Å². The van der Waals surface area contributed by atoms with Gasteiger partial charge in [-0.25, -0.2) is 13.2 Å². The van der Waals surface area contributed by atoms with Crippen molar-refractivity contribution in [1.82, 2.24) is 0 Å². The minimum atomic E-state index is -3.63. The Kier molecular flexibility index (Phi) is 4.83. The van der Waals surface area contributed by atoms with E-state index in [1.165, 1.54) is 20.3 Å². The van der Waals surface area contributed by atoms with Crippen molar-refractivity contribution in [3.63, 3.8) is 0 Å². The lowest BCUT2D eigenvalue weighted by atomic mass is 10.1. The summed E-state index contributed by atoms with van der Waals surface area (Å²) in [5.74, 6) is -0.857. The standard InChI is InChI=1S/C12H17NO6S/c1-5-19-12(14)9-10(13)7(17-2)6-8(11(9)18-3)20(4,15)16/h6H,5,13H2,1-4H3. The topological polar surface area (TPSA) is 105 Å². The summed E-state index contributed by atoms with van der Waals surface area (Å²) in [6.07, 6.45) is 0.995. The Morgan fingerprint density at radius 1 is 1.30 bits per heavy atom. The fourth-order valence-electron chi connectivity index (χ4n) is 1.68. The fraction of sp³-hybridized carbons (Fsp3) is 0.417. The second-order valence-electron chi connectivity index (χ2n) is 3.89. The first-order chi connectivity index (χ1) is 9.27. The molecule has 0 radical (unpaired) electrons. The molecular weight excluding hydrogens is 286 g/mol. The normalized spacial score (nSPS) is 11.0. The third-order valence-electron chi connectivity index (χ3n) is 2.55. The van der Waals surface area contributed by atoms with E-state index < -0.39 is 15.8 Å². The first-order valence-electron chi connectivity index (χ1n) is 5.69. The average Bonchev–Trinajstić information content (AvgIpc) is 2.36. The molecule has 1 aromatic carbocycles. The van der Waals surface area contributed by atoms with Crippen molar-refractivity contribution in [3.05, 3.63) is 11.6 Å². The number of benzene rings is 1. The maximum atomic E-state index is 12.0. The van der Waals surface area contributed by atoms with Crippen LogP contribution >= 0.6 is 0 Å². The zero-order chi connectivity index (χ0) is 15.5. The zero-order valence-electron chi connectivity index (χ0n) is 11.7. The summed E-state index contributed by atoms with van der Waals surface area (Å²) in [6.45, 7) is 1.74. The van der Waals surface area contributed by atoms with E-state index in [0.717, 1.165) is 6.26 Å². The highest BCUT2D eigenvalue weighted by Crippen LogP contribution is 2.39. The molecule has 0 saturated heterocycles. The number of hydrogen-bond donors (Lipinski definition) is 1. The highest BCUT2D eigenvalue weighted by atomic mass is 32.2. The molecule has 2 N–H and O–H groups in total. The van der Waals surface area contributed by atoms with Gasteiger partial charge in [-0.15, -0.1) is 0 Å². The van der Waals surface area contributed by atoms with E-state index in [1.54, 1.807) is 6.92 Å². The Morgan fingerprint density at radius 3 is 2.30 bits per heavy atom. The Hall–Kier alpha value is -1.96. The third-order valence-corrected chi connectivity index (χ3v) is 3.65. The number of methoxy groups -OCH3 is 2. The SMILES string of the molecule is CCOC(=O)c1c(N)c(OC)cc(S(C)(=O)=O)c1OC. The number of nitrogens with two attached hydrogens (primary N) is 1. The Balaban J connectivity index is 3.74. The van der Waals surface area contributed by atoms with Crippen molar-refractivity contribution in [2.24, 2.45) is 0 Å². The van der Waals surface area contributed by atoms with Crippen molar-refractivity contribution in [3.8, 4) is 11.5 Å². The molecule has 1 rings (SSSR count). The molecule has 112 valence electrons. The smallest absolute Gasteiger partial charge is 0.344 e. The van der Waals surface area contributed by atoms with Gasteiger partial charge in [-0.05, 0) is 6.92 Å². The van der Waals surface area contributed by atoms with Gasteiger partial charge < -0.3 is 19.9 Å². The highest BCUT2D eigenvalue weighted by Gasteiger charge is 2.28. The van der Waals surface area contributed by atoms with Gasteiger partial charge in [0.25, 0.3) is 0 Å². The maximum Gasteiger partial charge on any atom is 0.344 e. The molecule has 8 heteroatoms. The van der Waals surface area contributed by atoms with Gasteiger partial charge in [-0.1, -0.05) is 0 Å². The van der Waals surface area contributed by atoms with E-state index in [4.69, 9.17) is 19.9 Å². The van der Waals surface area contributed by atoms with E-state index in [-0.39, 0.29) is 34.3 Å². The van der Waals surface area contributed by atoms with Crippen molar-refractivity contribution in [1.29, 1.82) is 0 Å². The summed E-state index contributed by atoms with van der Waals surface area (Å²) in [5, 5.41) is 0. The molecular formula is C12H17NO6S. The van der Waals surface area contributed by atoms with Gasteiger partial charge in [0, 0.05) is 12.3 Å². The van der Waals surface area contributed by atoms with E-state index >= 15 is 0 Å². The molecule has 7 nitrogen and oxygen atoms in total. The number of rotatable bonds is 5. The lowest BCUT2D eigenvalue weighted by Crippen LogP contribution is -2.14. The van der Waals surface area contributed by atoms with E-state index in [1.807, 2.05) is 0 Å². The molecule has 0 heterocycles. The molecule has 0 aliphatic rings. The van der Waals surface area contributed by atoms with Crippen LogP contribution in [0, 0.1) is 0 Å². The fourth-order valence-corrected chi connectivity index (χ4v) is 2.53. The maximum absolute atomic E-state index is 12.0. The van der Waals surface area contributed by atoms with Crippen LogP contribution in [-0.2, 0) is 14.6 Å². The Labute approximate surface area is 117 Å². The van der Waals surface area contributed by atoms with Gasteiger partial charge in [-0.2, -0.15) is 0 Å². The van der Waals surface area contributed by atoms with Crippen LogP contribution in [0.5, 0.6) is 11.5 Å². The minimum absolute atomic E-state index is 0.0322. The summed E-state index contributed by atoms with van der Waals surface area (Å²) >= 11 is 0. The minimum Gasteiger partial charge on any atom is -0.495 e. The van der Waals surface area contributed by atoms with Gasteiger partial charge in [-0.3, -0.25) is 0 Å². The quantitative estimate of drug-likeness (QED) is 0.635. The number of carbonyl (C=O) groups is 1. The van der Waals surface area contributed by atoms with Crippen molar-refractivity contribution < 1.29 is 27.4 Å². The van der Waals surface area contributed by atoms with Crippen LogP contribution in [0.15, 0.2) is 11.0 Å². The monoisotopic (exact) mass is 303 g/mol. The van der Waals surface area contributed by atoms with Gasteiger partial charge in [0.05, 0.1) is 26.5 Å². The number of anilines is 1. The van der Waals surface area contributed by atoms with E-state index in [0.29, 0.717) is 0 Å². The number of ether oxygens (including phenoxy) is 3. The number of nitrogen functional groups attached to an aromatic ring is 1. The average molecular weight is 303 g/mol. The number of esters is 1. The summed E-state index contributed by atoms with van der Waals surface area (Å²) in [6, 6.07) is 1.21. The first-order valence-corrected chi connectivity index (χ1v) is 7.58. The number of sulfone groups is 1. The molecule has 0 unspecified atom stereocenters. The summed E-state index contributed by atoms with van der Waals surface area (Å²) in [7, 11) is -1.07. The van der Waals surface area contributed by atoms with E-state index in [2.05, 4.69) is 0 Å². The number of carbonyl (C=O) groups excluding carboxylic acids is 1. The Bertz CT molecular complexity index is 623. The largest absolute Gasteiger partial charge is 0.495 e.